The van der Waals surface area contributed by atoms with Crippen LogP contribution in [-0.2, 0) is 26.3 Å². The Bertz CT molecular complexity index is 1750. The van der Waals surface area contributed by atoms with Crippen LogP contribution in [0.15, 0.2) is 88.7 Å². The number of thiazole rings is 1. The minimum absolute atomic E-state index is 0.0590. The molecule has 214 valence electrons. The molecular formula is C33H31N3O4S2. The average Bonchev–Trinajstić information content (AvgIpc) is 3.40. The number of rotatable bonds is 5. The first kappa shape index (κ1) is 28.2. The van der Waals surface area contributed by atoms with E-state index in [4.69, 9.17) is 0 Å². The summed E-state index contributed by atoms with van der Waals surface area (Å²) in [4.78, 5) is 56.1. The third-order valence-corrected chi connectivity index (χ3v) is 10.5. The van der Waals surface area contributed by atoms with E-state index in [0.717, 1.165) is 32.9 Å². The Morgan fingerprint density at radius 2 is 1.55 bits per heavy atom. The van der Waals surface area contributed by atoms with Gasteiger partial charge in [0.25, 0.3) is 0 Å². The number of hydrogen-bond donors (Lipinski definition) is 1. The van der Waals surface area contributed by atoms with Gasteiger partial charge in [0, 0.05) is 16.5 Å². The monoisotopic (exact) mass is 597 g/mol. The summed E-state index contributed by atoms with van der Waals surface area (Å²) >= 11 is 2.28. The number of aromatic nitrogens is 1. The summed E-state index contributed by atoms with van der Waals surface area (Å²) in [6, 6.07) is 24.5. The summed E-state index contributed by atoms with van der Waals surface area (Å²) in [5, 5.41) is 2.76. The largest absolute Gasteiger partial charge is 0.324 e. The zero-order valence-electron chi connectivity index (χ0n) is 23.8. The molecule has 1 saturated heterocycles. The molecule has 7 nitrogen and oxygen atoms in total. The minimum Gasteiger partial charge on any atom is -0.324 e. The highest BCUT2D eigenvalue weighted by Gasteiger charge is 2.56. The first-order valence-electron chi connectivity index (χ1n) is 13.8. The highest BCUT2D eigenvalue weighted by molar-refractivity contribution is 8.00. The number of carbonyl (C=O) groups excluding carboxylic acids is 3. The fraction of sp³-hybridized carbons (Fsp3) is 0.273. The number of nitrogens with one attached hydrogen (secondary N) is 1. The molecule has 0 radical (unpaired) electrons. The summed E-state index contributed by atoms with van der Waals surface area (Å²) in [6.45, 7) is 8.12. The maximum Gasteiger partial charge on any atom is 0.308 e. The second-order valence-corrected chi connectivity index (χ2v) is 13.9. The SMILES string of the molecule is Cc1ccccc1NC(=O)Cn1c2c(sc1=O)C(c1ccc(C(C)(C)C)cc1)C1C(=O)N(c3ccccc3)C(=O)C1S2. The van der Waals surface area contributed by atoms with Crippen molar-refractivity contribution in [3.63, 3.8) is 0 Å². The Morgan fingerprint density at radius 1 is 0.881 bits per heavy atom. The van der Waals surface area contributed by atoms with Gasteiger partial charge in [0.05, 0.1) is 16.6 Å². The zero-order chi connectivity index (χ0) is 29.8. The number of carbonyl (C=O) groups is 3. The molecule has 2 aliphatic heterocycles. The summed E-state index contributed by atoms with van der Waals surface area (Å²) in [5.74, 6) is -2.09. The highest BCUT2D eigenvalue weighted by atomic mass is 32.2. The van der Waals surface area contributed by atoms with E-state index >= 15 is 0 Å². The van der Waals surface area contributed by atoms with E-state index in [0.29, 0.717) is 16.4 Å². The molecule has 0 aliphatic carbocycles. The number of amides is 3. The Hall–Kier alpha value is -3.95. The van der Waals surface area contributed by atoms with E-state index in [-0.39, 0.29) is 34.6 Å². The topological polar surface area (TPSA) is 88.5 Å². The van der Waals surface area contributed by atoms with Gasteiger partial charge in [-0.1, -0.05) is 105 Å². The minimum atomic E-state index is -0.725. The maximum atomic E-state index is 14.0. The number of nitrogens with zero attached hydrogens (tertiary/aromatic N) is 2. The van der Waals surface area contributed by atoms with Crippen LogP contribution in [0.5, 0.6) is 0 Å². The van der Waals surface area contributed by atoms with Gasteiger partial charge in [0.2, 0.25) is 17.7 Å². The van der Waals surface area contributed by atoms with E-state index in [2.05, 4.69) is 38.2 Å². The zero-order valence-corrected chi connectivity index (χ0v) is 25.4. The summed E-state index contributed by atoms with van der Waals surface area (Å²) in [7, 11) is 0. The molecule has 2 aliphatic rings. The van der Waals surface area contributed by atoms with Crippen LogP contribution in [0.2, 0.25) is 0 Å². The molecule has 4 aromatic rings. The normalized spacial score (nSPS) is 19.9. The molecule has 0 bridgehead atoms. The quantitative estimate of drug-likeness (QED) is 0.287. The van der Waals surface area contributed by atoms with Crippen LogP contribution in [0, 0.1) is 12.8 Å². The van der Waals surface area contributed by atoms with E-state index in [1.807, 2.05) is 49.4 Å². The molecule has 3 unspecified atom stereocenters. The van der Waals surface area contributed by atoms with Crippen molar-refractivity contribution < 1.29 is 14.4 Å². The van der Waals surface area contributed by atoms with Gasteiger partial charge < -0.3 is 5.32 Å². The van der Waals surface area contributed by atoms with Gasteiger partial charge in [0.1, 0.15) is 11.8 Å². The number of aryl methyl sites for hydroxylation is 1. The van der Waals surface area contributed by atoms with Gasteiger partial charge in [-0.05, 0) is 47.2 Å². The standard InChI is InChI=1S/C33H31N3O4S2/c1-19-10-8-9-13-23(19)34-24(37)18-35-31-28(42-32(35)40)25(20-14-16-21(17-15-20)33(2,3)4)26-27(41-31)30(39)36(29(26)38)22-11-6-5-7-12-22/h5-17,25-27H,18H2,1-4H3,(H,34,37). The van der Waals surface area contributed by atoms with Gasteiger partial charge in [0.15, 0.2) is 0 Å². The fourth-order valence-electron chi connectivity index (χ4n) is 5.68. The molecule has 9 heteroatoms. The van der Waals surface area contributed by atoms with Crippen molar-refractivity contribution >= 4 is 52.2 Å². The molecule has 0 saturated carbocycles. The van der Waals surface area contributed by atoms with E-state index in [1.54, 1.807) is 24.3 Å². The smallest absolute Gasteiger partial charge is 0.308 e. The molecule has 1 N–H and O–H groups in total. The van der Waals surface area contributed by atoms with Crippen molar-refractivity contribution in [2.24, 2.45) is 5.92 Å². The lowest BCUT2D eigenvalue weighted by Crippen LogP contribution is -2.33. The van der Waals surface area contributed by atoms with E-state index < -0.39 is 17.1 Å². The van der Waals surface area contributed by atoms with Crippen LogP contribution >= 0.6 is 23.1 Å². The molecule has 3 aromatic carbocycles. The van der Waals surface area contributed by atoms with Crippen LogP contribution in [0.25, 0.3) is 0 Å². The van der Waals surface area contributed by atoms with Crippen molar-refractivity contribution in [1.82, 2.24) is 4.57 Å². The second kappa shape index (κ2) is 10.7. The molecule has 0 spiro atoms. The Balaban J connectivity index is 1.43. The van der Waals surface area contributed by atoms with Crippen LogP contribution in [0.1, 0.15) is 48.3 Å². The Morgan fingerprint density at radius 3 is 2.21 bits per heavy atom. The predicted molar refractivity (Wildman–Crippen MR) is 167 cm³/mol. The molecule has 3 atom stereocenters. The first-order valence-corrected chi connectivity index (χ1v) is 15.5. The van der Waals surface area contributed by atoms with Crippen molar-refractivity contribution in [2.45, 2.75) is 55.8 Å². The van der Waals surface area contributed by atoms with Gasteiger partial charge in [-0.3, -0.25) is 23.7 Å². The van der Waals surface area contributed by atoms with Crippen molar-refractivity contribution in [1.29, 1.82) is 0 Å². The summed E-state index contributed by atoms with van der Waals surface area (Å²) < 4.78 is 1.45. The lowest BCUT2D eigenvalue weighted by molar-refractivity contribution is -0.122. The maximum absolute atomic E-state index is 14.0. The molecule has 42 heavy (non-hydrogen) atoms. The summed E-state index contributed by atoms with van der Waals surface area (Å²) in [6.07, 6.45) is 0. The lowest BCUT2D eigenvalue weighted by Gasteiger charge is -2.31. The fourth-order valence-corrected chi connectivity index (χ4v) is 8.46. The number of benzene rings is 3. The van der Waals surface area contributed by atoms with Crippen LogP contribution in [0.4, 0.5) is 11.4 Å². The number of para-hydroxylation sites is 2. The molecule has 6 rings (SSSR count). The second-order valence-electron chi connectivity index (χ2n) is 11.7. The Kier molecular flexibility index (Phi) is 7.19. The molecule has 1 aromatic heterocycles. The van der Waals surface area contributed by atoms with Gasteiger partial charge in [-0.2, -0.15) is 0 Å². The molecule has 3 amide bonds. The predicted octanol–water partition coefficient (Wildman–Crippen LogP) is 5.95. The van der Waals surface area contributed by atoms with Crippen LogP contribution in [0.3, 0.4) is 0 Å². The van der Waals surface area contributed by atoms with Gasteiger partial charge >= 0.3 is 4.87 Å². The number of anilines is 2. The number of hydrogen-bond acceptors (Lipinski definition) is 6. The highest BCUT2D eigenvalue weighted by Crippen LogP contribution is 2.54. The third kappa shape index (κ3) is 4.90. The number of imide groups is 1. The van der Waals surface area contributed by atoms with E-state index in [9.17, 15) is 19.2 Å². The number of fused-ring (bicyclic) bond motifs is 2. The van der Waals surface area contributed by atoms with Crippen LogP contribution in [-0.4, -0.2) is 27.5 Å². The van der Waals surface area contributed by atoms with Gasteiger partial charge in [-0.25, -0.2) is 4.90 Å². The Labute approximate surface area is 252 Å². The summed E-state index contributed by atoms with van der Waals surface area (Å²) in [5.41, 5.74) is 4.08. The molecule has 1 fully saturated rings. The first-order chi connectivity index (χ1) is 20.0. The molecular weight excluding hydrogens is 567 g/mol. The van der Waals surface area contributed by atoms with Crippen molar-refractivity contribution in [3.05, 3.63) is 110 Å². The average molecular weight is 598 g/mol. The van der Waals surface area contributed by atoms with Gasteiger partial charge in [-0.15, -0.1) is 0 Å². The third-order valence-electron chi connectivity index (χ3n) is 7.92. The lowest BCUT2D eigenvalue weighted by atomic mass is 9.81. The van der Waals surface area contributed by atoms with Crippen molar-refractivity contribution in [3.8, 4) is 0 Å². The molecule has 3 heterocycles. The van der Waals surface area contributed by atoms with Crippen LogP contribution < -0.4 is 15.1 Å². The van der Waals surface area contributed by atoms with Crippen molar-refractivity contribution in [2.75, 3.05) is 10.2 Å². The number of thioether (sulfide) groups is 1. The van der Waals surface area contributed by atoms with E-state index in [1.165, 1.54) is 21.2 Å².